The quantitative estimate of drug-likeness (QED) is 0.840. The van der Waals surface area contributed by atoms with Gasteiger partial charge < -0.3 is 9.64 Å². The Kier molecular flexibility index (Phi) is 4.97. The average molecular weight is 334 g/mol. The van der Waals surface area contributed by atoms with Crippen LogP contribution < -0.4 is 0 Å². The van der Waals surface area contributed by atoms with E-state index in [2.05, 4.69) is 43.9 Å². The summed E-state index contributed by atoms with van der Waals surface area (Å²) in [5.74, 6) is 0.125. The molecular weight excluding hydrogens is 304 g/mol. The van der Waals surface area contributed by atoms with Gasteiger partial charge in [0, 0.05) is 49.4 Å². The fraction of sp³-hybridized carbons (Fsp3) is 0.778. The number of nitrogens with zero attached hydrogens (tertiary/aromatic N) is 4. The maximum absolute atomic E-state index is 12.2. The third kappa shape index (κ3) is 3.49. The Bertz CT molecular complexity index is 598. The number of likely N-dealkylation sites (tertiary alicyclic amines) is 1. The summed E-state index contributed by atoms with van der Waals surface area (Å²) in [4.78, 5) is 16.7. The largest absolute Gasteiger partial charge is 0.371 e. The minimum atomic E-state index is 0.0745. The maximum atomic E-state index is 12.2. The third-order valence-corrected chi connectivity index (χ3v) is 5.37. The van der Waals surface area contributed by atoms with Gasteiger partial charge in [-0.15, -0.1) is 0 Å². The number of hydrogen-bond donors (Lipinski definition) is 0. The minimum absolute atomic E-state index is 0.0745. The molecule has 2 saturated heterocycles. The van der Waals surface area contributed by atoms with Crippen LogP contribution in [0.25, 0.3) is 0 Å². The summed E-state index contributed by atoms with van der Waals surface area (Å²) < 4.78 is 7.74. The Balaban J connectivity index is 1.69. The van der Waals surface area contributed by atoms with Crippen molar-refractivity contribution in [3.63, 3.8) is 0 Å². The van der Waals surface area contributed by atoms with Crippen LogP contribution in [0.3, 0.4) is 0 Å². The molecule has 1 amide bonds. The van der Waals surface area contributed by atoms with Crippen LogP contribution in [0.4, 0.5) is 0 Å². The van der Waals surface area contributed by atoms with Crippen molar-refractivity contribution in [1.29, 1.82) is 0 Å². The van der Waals surface area contributed by atoms with E-state index in [1.807, 2.05) is 9.58 Å². The fourth-order valence-corrected chi connectivity index (χ4v) is 3.93. The van der Waals surface area contributed by atoms with Crippen LogP contribution in [-0.4, -0.2) is 64.4 Å². The third-order valence-electron chi connectivity index (χ3n) is 5.37. The van der Waals surface area contributed by atoms with E-state index in [1.165, 1.54) is 5.56 Å². The van der Waals surface area contributed by atoms with Gasteiger partial charge in [0.1, 0.15) is 6.61 Å². The number of aromatic nitrogens is 2. The van der Waals surface area contributed by atoms with Crippen molar-refractivity contribution in [3.8, 4) is 0 Å². The smallest absolute Gasteiger partial charge is 0.248 e. The monoisotopic (exact) mass is 334 g/mol. The van der Waals surface area contributed by atoms with Gasteiger partial charge in [-0.1, -0.05) is 0 Å². The van der Waals surface area contributed by atoms with Gasteiger partial charge in [-0.25, -0.2) is 0 Å². The minimum Gasteiger partial charge on any atom is -0.371 e. The van der Waals surface area contributed by atoms with E-state index in [9.17, 15) is 4.79 Å². The predicted octanol–water partition coefficient (Wildman–Crippen LogP) is 1.67. The summed E-state index contributed by atoms with van der Waals surface area (Å²) in [6, 6.07) is 0.232. The molecule has 0 aromatic carbocycles. The second-order valence-electron chi connectivity index (χ2n) is 7.66. The first kappa shape index (κ1) is 17.4. The Morgan fingerprint density at radius 2 is 2.17 bits per heavy atom. The van der Waals surface area contributed by atoms with E-state index >= 15 is 0 Å². The number of aryl methyl sites for hydroxylation is 2. The van der Waals surface area contributed by atoms with E-state index in [-0.39, 0.29) is 24.0 Å². The summed E-state index contributed by atoms with van der Waals surface area (Å²) in [6.45, 7) is 14.0. The van der Waals surface area contributed by atoms with Crippen molar-refractivity contribution in [1.82, 2.24) is 19.6 Å². The summed E-state index contributed by atoms with van der Waals surface area (Å²) >= 11 is 0. The number of hydrogen-bond acceptors (Lipinski definition) is 4. The number of ether oxygens (including phenoxy) is 1. The van der Waals surface area contributed by atoms with Crippen molar-refractivity contribution in [2.45, 2.75) is 53.2 Å². The summed E-state index contributed by atoms with van der Waals surface area (Å²) in [5, 5.41) is 4.55. The topological polar surface area (TPSA) is 50.6 Å². The Morgan fingerprint density at radius 1 is 1.38 bits per heavy atom. The molecule has 24 heavy (non-hydrogen) atoms. The van der Waals surface area contributed by atoms with Crippen molar-refractivity contribution in [2.75, 3.05) is 32.8 Å². The molecule has 0 N–H and O–H groups in total. The molecule has 2 aliphatic rings. The summed E-state index contributed by atoms with van der Waals surface area (Å²) in [6.07, 6.45) is 3.25. The number of rotatable bonds is 4. The normalized spacial score (nSPS) is 25.9. The van der Waals surface area contributed by atoms with Crippen molar-refractivity contribution >= 4 is 5.91 Å². The molecule has 3 rings (SSSR count). The Hall–Kier alpha value is -1.40. The van der Waals surface area contributed by atoms with E-state index in [0.29, 0.717) is 6.61 Å². The van der Waals surface area contributed by atoms with Gasteiger partial charge in [-0.2, -0.15) is 5.10 Å². The van der Waals surface area contributed by atoms with Gasteiger partial charge in [0.25, 0.3) is 0 Å². The van der Waals surface area contributed by atoms with Gasteiger partial charge in [0.15, 0.2) is 0 Å². The van der Waals surface area contributed by atoms with Gasteiger partial charge in [0.05, 0.1) is 12.3 Å². The van der Waals surface area contributed by atoms with Crippen LogP contribution in [0.5, 0.6) is 0 Å². The maximum Gasteiger partial charge on any atom is 0.248 e. The van der Waals surface area contributed by atoms with Crippen LogP contribution in [0.15, 0.2) is 6.20 Å². The zero-order valence-electron chi connectivity index (χ0n) is 15.4. The van der Waals surface area contributed by atoms with E-state index in [0.717, 1.165) is 44.8 Å². The lowest BCUT2D eigenvalue weighted by Crippen LogP contribution is -2.45. The lowest BCUT2D eigenvalue weighted by atomic mass is 9.87. The predicted molar refractivity (Wildman–Crippen MR) is 92.6 cm³/mol. The van der Waals surface area contributed by atoms with E-state index < -0.39 is 0 Å². The first-order chi connectivity index (χ1) is 11.4. The van der Waals surface area contributed by atoms with Crippen LogP contribution in [0.2, 0.25) is 0 Å². The SMILES string of the molecule is CCn1cc(CN2CCC3(COCC(=O)N(C(C)C)C3)C2)c(C)n1. The van der Waals surface area contributed by atoms with Crippen molar-refractivity contribution in [2.24, 2.45) is 5.41 Å². The molecule has 0 saturated carbocycles. The lowest BCUT2D eigenvalue weighted by molar-refractivity contribution is -0.135. The molecule has 0 bridgehead atoms. The molecule has 1 atom stereocenters. The highest BCUT2D eigenvalue weighted by molar-refractivity contribution is 5.78. The molecule has 2 aliphatic heterocycles. The first-order valence-corrected chi connectivity index (χ1v) is 9.05. The van der Waals surface area contributed by atoms with Crippen LogP contribution in [0, 0.1) is 12.3 Å². The molecule has 1 aromatic heterocycles. The highest BCUT2D eigenvalue weighted by Gasteiger charge is 2.43. The van der Waals surface area contributed by atoms with Crippen LogP contribution >= 0.6 is 0 Å². The van der Waals surface area contributed by atoms with Crippen LogP contribution in [-0.2, 0) is 22.6 Å². The molecule has 2 fully saturated rings. The lowest BCUT2D eigenvalue weighted by Gasteiger charge is -2.34. The first-order valence-electron chi connectivity index (χ1n) is 9.05. The van der Waals surface area contributed by atoms with Gasteiger partial charge in [-0.05, 0) is 40.7 Å². The van der Waals surface area contributed by atoms with Crippen molar-refractivity contribution in [3.05, 3.63) is 17.5 Å². The molecule has 1 unspecified atom stereocenters. The van der Waals surface area contributed by atoms with Crippen LogP contribution in [0.1, 0.15) is 38.4 Å². The zero-order chi connectivity index (χ0) is 17.3. The molecule has 0 aliphatic carbocycles. The molecule has 1 spiro atoms. The molecule has 134 valence electrons. The van der Waals surface area contributed by atoms with Gasteiger partial charge in [-0.3, -0.25) is 14.4 Å². The number of carbonyl (C=O) groups excluding carboxylic acids is 1. The fourth-order valence-electron chi connectivity index (χ4n) is 3.93. The second-order valence-corrected chi connectivity index (χ2v) is 7.66. The molecule has 1 aromatic rings. The number of carbonyl (C=O) groups is 1. The van der Waals surface area contributed by atoms with Gasteiger partial charge >= 0.3 is 0 Å². The zero-order valence-corrected chi connectivity index (χ0v) is 15.4. The second kappa shape index (κ2) is 6.84. The Morgan fingerprint density at radius 3 is 2.83 bits per heavy atom. The molecule has 0 radical (unpaired) electrons. The molecule has 6 heteroatoms. The Labute approximate surface area is 144 Å². The average Bonchev–Trinajstić information content (AvgIpc) is 3.04. The molecule has 3 heterocycles. The van der Waals surface area contributed by atoms with Crippen molar-refractivity contribution < 1.29 is 9.53 Å². The van der Waals surface area contributed by atoms with E-state index in [1.54, 1.807) is 0 Å². The molecule has 6 nitrogen and oxygen atoms in total. The molecular formula is C18H30N4O2. The summed E-state index contributed by atoms with van der Waals surface area (Å²) in [5.41, 5.74) is 2.50. The van der Waals surface area contributed by atoms with E-state index in [4.69, 9.17) is 4.74 Å². The standard InChI is InChI=1S/C18H30N4O2/c1-5-21-9-16(15(4)19-21)8-20-7-6-18(11-20)12-22(14(2)3)17(23)10-24-13-18/h9,14H,5-8,10-13H2,1-4H3. The van der Waals surface area contributed by atoms with Gasteiger partial charge in [0.2, 0.25) is 5.91 Å². The number of amides is 1. The highest BCUT2D eigenvalue weighted by Crippen LogP contribution is 2.35. The highest BCUT2D eigenvalue weighted by atomic mass is 16.5. The summed E-state index contributed by atoms with van der Waals surface area (Å²) in [7, 11) is 0.